The van der Waals surface area contributed by atoms with E-state index in [0.29, 0.717) is 0 Å². The minimum absolute atomic E-state index is 0. The van der Waals surface area contributed by atoms with Crippen LogP contribution in [0.2, 0.25) is 0 Å². The van der Waals surface area contributed by atoms with Crippen LogP contribution in [0.1, 0.15) is 41.5 Å². The van der Waals surface area contributed by atoms with Crippen LogP contribution in [-0.2, 0) is 26.7 Å². The van der Waals surface area contributed by atoms with E-state index in [1.807, 2.05) is 0 Å². The normalized spacial score (nSPS) is 10.5. The van der Waals surface area contributed by atoms with Gasteiger partial charge in [-0.05, 0) is 41.5 Å². The second kappa shape index (κ2) is 6.85. The van der Waals surface area contributed by atoms with Crippen LogP contribution < -0.4 is 0 Å². The van der Waals surface area contributed by atoms with E-state index >= 15 is 0 Å². The van der Waals surface area contributed by atoms with Crippen LogP contribution in [0.4, 0.5) is 0 Å². The van der Waals surface area contributed by atoms with Gasteiger partial charge in [0.25, 0.3) is 0 Å². The Labute approximate surface area is 102 Å². The summed E-state index contributed by atoms with van der Waals surface area (Å²) in [6.07, 6.45) is 0. The van der Waals surface area contributed by atoms with E-state index in [1.165, 1.54) is 0 Å². The maximum atomic E-state index is 10.0. The Bertz CT molecular complexity index is 186. The van der Waals surface area contributed by atoms with E-state index in [9.17, 15) is 9.59 Å². The molecule has 0 aliphatic heterocycles. The average Bonchev–Trinajstić information content (AvgIpc) is 1.83. The zero-order valence-electron chi connectivity index (χ0n) is 10.1. The van der Waals surface area contributed by atoms with Crippen molar-refractivity contribution in [2.45, 2.75) is 41.5 Å². The Kier molecular flexibility index (Phi) is 9.11. The van der Waals surface area contributed by atoms with Crippen molar-refractivity contribution in [3.05, 3.63) is 0 Å². The Hall–Kier alpha value is -0.541. The summed E-state index contributed by atoms with van der Waals surface area (Å²) in [7, 11) is 0. The van der Waals surface area contributed by atoms with E-state index in [0.717, 1.165) is 0 Å². The molecule has 4 nitrogen and oxygen atoms in total. The van der Waals surface area contributed by atoms with Gasteiger partial charge in [-0.3, -0.25) is 9.59 Å². The van der Waals surface area contributed by atoms with Gasteiger partial charge in [-0.2, -0.15) is 0 Å². The molecule has 0 fully saturated rings. The van der Waals surface area contributed by atoms with Crippen LogP contribution in [0.5, 0.6) is 0 Å². The zero-order valence-corrected chi connectivity index (χ0v) is 11.2. The SMILES string of the molecule is CC(C)(C)C(=O)O.CC(C)(C)C(=O)O.[Fe]. The summed E-state index contributed by atoms with van der Waals surface area (Å²) in [4.78, 5) is 20.0. The predicted molar refractivity (Wildman–Crippen MR) is 54.2 cm³/mol. The molecule has 0 saturated carbocycles. The van der Waals surface area contributed by atoms with Crippen LogP contribution in [0.25, 0.3) is 0 Å². The van der Waals surface area contributed by atoms with Crippen molar-refractivity contribution in [2.75, 3.05) is 0 Å². The van der Waals surface area contributed by atoms with Crippen molar-refractivity contribution in [3.8, 4) is 0 Å². The predicted octanol–water partition coefficient (Wildman–Crippen LogP) is 2.23. The fourth-order valence-electron chi connectivity index (χ4n) is 0. The van der Waals surface area contributed by atoms with E-state index in [2.05, 4.69) is 0 Å². The molecule has 0 bridgehead atoms. The summed E-state index contributed by atoms with van der Waals surface area (Å²) in [5.74, 6) is -1.51. The molecule has 0 amide bonds. The molecular weight excluding hydrogens is 240 g/mol. The molecular formula is C10H20FeO4. The summed E-state index contributed by atoms with van der Waals surface area (Å²) in [5, 5.41) is 16.5. The fraction of sp³-hybridized carbons (Fsp3) is 0.800. The van der Waals surface area contributed by atoms with Gasteiger partial charge in [-0.25, -0.2) is 0 Å². The van der Waals surface area contributed by atoms with Gasteiger partial charge in [0.2, 0.25) is 0 Å². The van der Waals surface area contributed by atoms with Gasteiger partial charge in [-0.1, -0.05) is 0 Å². The second-order valence-corrected chi connectivity index (χ2v) is 5.11. The molecule has 0 aromatic carbocycles. The molecule has 0 saturated heterocycles. The smallest absolute Gasteiger partial charge is 0.308 e. The monoisotopic (exact) mass is 260 g/mol. The number of hydrogen-bond acceptors (Lipinski definition) is 2. The maximum Gasteiger partial charge on any atom is 0.308 e. The van der Waals surface area contributed by atoms with Crippen molar-refractivity contribution >= 4 is 11.9 Å². The number of carbonyl (C=O) groups is 2. The molecule has 0 unspecified atom stereocenters. The van der Waals surface area contributed by atoms with Gasteiger partial charge in [-0.15, -0.1) is 0 Å². The Morgan fingerprint density at radius 3 is 0.800 bits per heavy atom. The number of aliphatic carboxylic acids is 2. The zero-order chi connectivity index (χ0) is 12.2. The molecule has 0 heterocycles. The van der Waals surface area contributed by atoms with Crippen LogP contribution in [0.3, 0.4) is 0 Å². The van der Waals surface area contributed by atoms with E-state index in [4.69, 9.17) is 10.2 Å². The van der Waals surface area contributed by atoms with Gasteiger partial charge in [0, 0.05) is 17.1 Å². The van der Waals surface area contributed by atoms with Crippen molar-refractivity contribution in [1.29, 1.82) is 0 Å². The van der Waals surface area contributed by atoms with Gasteiger partial charge in [0.15, 0.2) is 0 Å². The third-order valence-corrected chi connectivity index (χ3v) is 1.28. The van der Waals surface area contributed by atoms with Crippen molar-refractivity contribution < 1.29 is 36.9 Å². The first kappa shape index (κ1) is 19.9. The van der Waals surface area contributed by atoms with Gasteiger partial charge in [0.1, 0.15) is 0 Å². The fourth-order valence-corrected chi connectivity index (χ4v) is 0. The first-order valence-electron chi connectivity index (χ1n) is 4.36. The topological polar surface area (TPSA) is 74.6 Å². The number of hydrogen-bond donors (Lipinski definition) is 2. The molecule has 0 radical (unpaired) electrons. The summed E-state index contributed by atoms with van der Waals surface area (Å²) < 4.78 is 0. The molecule has 5 heteroatoms. The Morgan fingerprint density at radius 2 is 0.800 bits per heavy atom. The van der Waals surface area contributed by atoms with Gasteiger partial charge in [0.05, 0.1) is 10.8 Å². The summed E-state index contributed by atoms with van der Waals surface area (Å²) in [6.45, 7) is 9.97. The Balaban J connectivity index is -0.000000180. The van der Waals surface area contributed by atoms with Crippen LogP contribution >= 0.6 is 0 Å². The van der Waals surface area contributed by atoms with Crippen molar-refractivity contribution in [2.24, 2.45) is 10.8 Å². The maximum absolute atomic E-state index is 10.0. The first-order valence-corrected chi connectivity index (χ1v) is 4.36. The average molecular weight is 260 g/mol. The van der Waals surface area contributed by atoms with Crippen molar-refractivity contribution in [3.63, 3.8) is 0 Å². The minimum Gasteiger partial charge on any atom is -0.481 e. The van der Waals surface area contributed by atoms with Crippen LogP contribution in [0.15, 0.2) is 0 Å². The van der Waals surface area contributed by atoms with Crippen LogP contribution in [-0.4, -0.2) is 22.2 Å². The van der Waals surface area contributed by atoms with E-state index < -0.39 is 22.8 Å². The van der Waals surface area contributed by atoms with Crippen LogP contribution in [0, 0.1) is 10.8 Å². The number of carboxylic acids is 2. The third-order valence-electron chi connectivity index (χ3n) is 1.28. The second-order valence-electron chi connectivity index (χ2n) is 5.11. The molecule has 0 atom stereocenters. The van der Waals surface area contributed by atoms with Crippen molar-refractivity contribution in [1.82, 2.24) is 0 Å². The first-order chi connectivity index (χ1) is 5.89. The van der Waals surface area contributed by atoms with Gasteiger partial charge >= 0.3 is 11.9 Å². The number of carboxylic acid groups (broad SMARTS) is 2. The minimum atomic E-state index is -0.757. The molecule has 0 aromatic heterocycles. The number of rotatable bonds is 0. The molecule has 15 heavy (non-hydrogen) atoms. The molecule has 0 aliphatic carbocycles. The summed E-state index contributed by atoms with van der Waals surface area (Å²) in [6, 6.07) is 0. The molecule has 2 N–H and O–H groups in total. The van der Waals surface area contributed by atoms with E-state index in [1.54, 1.807) is 41.5 Å². The van der Waals surface area contributed by atoms with Gasteiger partial charge < -0.3 is 10.2 Å². The molecule has 0 spiro atoms. The molecule has 92 valence electrons. The van der Waals surface area contributed by atoms with E-state index in [-0.39, 0.29) is 17.1 Å². The largest absolute Gasteiger partial charge is 0.481 e. The quantitative estimate of drug-likeness (QED) is 0.655. The Morgan fingerprint density at radius 1 is 0.733 bits per heavy atom. The molecule has 0 aliphatic rings. The molecule has 0 aromatic rings. The summed E-state index contributed by atoms with van der Waals surface area (Å²) in [5.41, 5.74) is -1.17. The third kappa shape index (κ3) is 13.5. The summed E-state index contributed by atoms with van der Waals surface area (Å²) >= 11 is 0. The standard InChI is InChI=1S/2C5H10O2.Fe/c2*1-5(2,3)4(6)7;/h2*1-3H3,(H,6,7);. The molecule has 0 rings (SSSR count).